The van der Waals surface area contributed by atoms with Crippen molar-refractivity contribution in [3.05, 3.63) is 71.3 Å². The molecule has 1 aliphatic heterocycles. The number of hydrogen-bond acceptors (Lipinski definition) is 4. The van der Waals surface area contributed by atoms with Crippen LogP contribution in [0.1, 0.15) is 30.5 Å². The molecule has 0 aromatic heterocycles. The first-order chi connectivity index (χ1) is 13.0. The number of halogens is 1. The Kier molecular flexibility index (Phi) is 7.61. The maximum atomic E-state index is 12.9. The van der Waals surface area contributed by atoms with E-state index >= 15 is 0 Å². The lowest BCUT2D eigenvalue weighted by molar-refractivity contribution is -0.158. The van der Waals surface area contributed by atoms with Crippen LogP contribution in [0.15, 0.2) is 54.6 Å². The predicted molar refractivity (Wildman–Crippen MR) is 111 cm³/mol. The number of hydrogen-bond donors (Lipinski definition) is 1. The standard InChI is InChI=1S/C22H26N2O3.ClH/c1-15(2)20(23)21(25)24-13-18-11-7-6-10-17(18)12-19(24)22(26)27-14-16-8-4-3-5-9-16;/h3-11,15,19-20H,12-14,23H2,1-2H3;1H/t19?,20-;/m0./s1. The highest BCUT2D eigenvalue weighted by Gasteiger charge is 2.38. The summed E-state index contributed by atoms with van der Waals surface area (Å²) in [6.07, 6.45) is 0.445. The van der Waals surface area contributed by atoms with Crippen LogP contribution in [0.4, 0.5) is 0 Å². The molecule has 28 heavy (non-hydrogen) atoms. The minimum absolute atomic E-state index is 0. The van der Waals surface area contributed by atoms with E-state index in [0.717, 1.165) is 16.7 Å². The van der Waals surface area contributed by atoms with Crippen LogP contribution in [0.5, 0.6) is 0 Å². The van der Waals surface area contributed by atoms with Crippen LogP contribution >= 0.6 is 12.4 Å². The molecule has 2 aromatic carbocycles. The van der Waals surface area contributed by atoms with Crippen molar-refractivity contribution in [1.82, 2.24) is 4.90 Å². The van der Waals surface area contributed by atoms with Crippen molar-refractivity contribution in [1.29, 1.82) is 0 Å². The third-order valence-corrected chi connectivity index (χ3v) is 5.03. The molecule has 6 heteroatoms. The van der Waals surface area contributed by atoms with Gasteiger partial charge in [-0.1, -0.05) is 68.4 Å². The molecule has 0 fully saturated rings. The second-order valence-electron chi connectivity index (χ2n) is 7.32. The molecule has 2 aromatic rings. The fourth-order valence-corrected chi connectivity index (χ4v) is 3.27. The van der Waals surface area contributed by atoms with E-state index in [4.69, 9.17) is 10.5 Å². The summed E-state index contributed by atoms with van der Waals surface area (Å²) in [4.78, 5) is 27.3. The molecule has 0 saturated heterocycles. The highest BCUT2D eigenvalue weighted by molar-refractivity contribution is 5.88. The lowest BCUT2D eigenvalue weighted by Gasteiger charge is -2.37. The van der Waals surface area contributed by atoms with Gasteiger partial charge in [0.1, 0.15) is 12.6 Å². The van der Waals surface area contributed by atoms with E-state index in [0.29, 0.717) is 13.0 Å². The van der Waals surface area contributed by atoms with Gasteiger partial charge in [-0.05, 0) is 22.6 Å². The highest BCUT2D eigenvalue weighted by atomic mass is 35.5. The molecule has 2 atom stereocenters. The largest absolute Gasteiger partial charge is 0.459 e. The van der Waals surface area contributed by atoms with E-state index in [-0.39, 0.29) is 30.8 Å². The quantitative estimate of drug-likeness (QED) is 0.780. The Morgan fingerprint density at radius 2 is 1.68 bits per heavy atom. The van der Waals surface area contributed by atoms with Gasteiger partial charge in [0.05, 0.1) is 6.04 Å². The van der Waals surface area contributed by atoms with Crippen LogP contribution in [0, 0.1) is 5.92 Å². The number of amides is 1. The highest BCUT2D eigenvalue weighted by Crippen LogP contribution is 2.25. The lowest BCUT2D eigenvalue weighted by atomic mass is 9.92. The van der Waals surface area contributed by atoms with Crippen molar-refractivity contribution < 1.29 is 14.3 Å². The Balaban J connectivity index is 0.00000280. The van der Waals surface area contributed by atoms with Gasteiger partial charge in [0.25, 0.3) is 0 Å². The molecule has 0 spiro atoms. The SMILES string of the molecule is CC(C)[C@H](N)C(=O)N1Cc2ccccc2CC1C(=O)OCc1ccccc1.Cl. The number of benzene rings is 2. The van der Waals surface area contributed by atoms with Crippen LogP contribution in [0.2, 0.25) is 0 Å². The molecule has 0 radical (unpaired) electrons. The molecule has 3 rings (SSSR count). The molecule has 1 heterocycles. The van der Waals surface area contributed by atoms with E-state index in [2.05, 4.69) is 0 Å². The van der Waals surface area contributed by atoms with Gasteiger partial charge in [-0.15, -0.1) is 12.4 Å². The third-order valence-electron chi connectivity index (χ3n) is 5.03. The Hall–Kier alpha value is -2.37. The normalized spacial score (nSPS) is 16.7. The van der Waals surface area contributed by atoms with Crippen LogP contribution in [-0.2, 0) is 33.9 Å². The average molecular weight is 403 g/mol. The zero-order valence-electron chi connectivity index (χ0n) is 16.2. The third kappa shape index (κ3) is 4.91. The lowest BCUT2D eigenvalue weighted by Crippen LogP contribution is -2.55. The first kappa shape index (κ1) is 21.9. The maximum Gasteiger partial charge on any atom is 0.329 e. The van der Waals surface area contributed by atoms with Gasteiger partial charge in [0.2, 0.25) is 5.91 Å². The number of carbonyl (C=O) groups is 2. The van der Waals surface area contributed by atoms with Crippen LogP contribution in [-0.4, -0.2) is 28.9 Å². The number of nitrogens with zero attached hydrogens (tertiary/aromatic N) is 1. The second kappa shape index (κ2) is 9.71. The monoisotopic (exact) mass is 402 g/mol. The minimum Gasteiger partial charge on any atom is -0.459 e. The Bertz CT molecular complexity index is 810. The van der Waals surface area contributed by atoms with Gasteiger partial charge in [-0.2, -0.15) is 0 Å². The van der Waals surface area contributed by atoms with Gasteiger partial charge in [-0.3, -0.25) is 4.79 Å². The van der Waals surface area contributed by atoms with E-state index in [1.807, 2.05) is 68.4 Å². The molecule has 2 N–H and O–H groups in total. The Morgan fingerprint density at radius 3 is 2.32 bits per heavy atom. The molecule has 5 nitrogen and oxygen atoms in total. The molecule has 1 aliphatic rings. The van der Waals surface area contributed by atoms with E-state index < -0.39 is 18.1 Å². The summed E-state index contributed by atoms with van der Waals surface area (Å²) < 4.78 is 5.53. The molecule has 0 aliphatic carbocycles. The van der Waals surface area contributed by atoms with Crippen molar-refractivity contribution in [2.24, 2.45) is 11.7 Å². The smallest absolute Gasteiger partial charge is 0.329 e. The number of carbonyl (C=O) groups excluding carboxylic acids is 2. The van der Waals surface area contributed by atoms with Gasteiger partial charge >= 0.3 is 5.97 Å². The molecular weight excluding hydrogens is 376 g/mol. The minimum atomic E-state index is -0.652. The van der Waals surface area contributed by atoms with Gasteiger partial charge < -0.3 is 15.4 Å². The zero-order chi connectivity index (χ0) is 19.4. The molecule has 1 unspecified atom stereocenters. The number of ether oxygens (including phenoxy) is 1. The average Bonchev–Trinajstić information content (AvgIpc) is 2.70. The number of rotatable bonds is 5. The van der Waals surface area contributed by atoms with Crippen molar-refractivity contribution >= 4 is 24.3 Å². The first-order valence-electron chi connectivity index (χ1n) is 9.30. The van der Waals surface area contributed by atoms with Crippen molar-refractivity contribution in [2.45, 2.75) is 45.5 Å². The molecule has 0 bridgehead atoms. The summed E-state index contributed by atoms with van der Waals surface area (Å²) in [5, 5.41) is 0. The zero-order valence-corrected chi connectivity index (χ0v) is 17.0. The Morgan fingerprint density at radius 1 is 1.07 bits per heavy atom. The predicted octanol–water partition coefficient (Wildman–Crippen LogP) is 3.09. The van der Waals surface area contributed by atoms with Crippen LogP contribution in [0.25, 0.3) is 0 Å². The number of nitrogens with two attached hydrogens (primary N) is 1. The van der Waals surface area contributed by atoms with Crippen LogP contribution in [0.3, 0.4) is 0 Å². The maximum absolute atomic E-state index is 12.9. The van der Waals surface area contributed by atoms with E-state index in [1.54, 1.807) is 4.90 Å². The fraction of sp³-hybridized carbons (Fsp3) is 0.364. The summed E-state index contributed by atoms with van der Waals surface area (Å²) in [5.41, 5.74) is 9.13. The number of fused-ring (bicyclic) bond motifs is 1. The van der Waals surface area contributed by atoms with Crippen molar-refractivity contribution in [3.8, 4) is 0 Å². The van der Waals surface area contributed by atoms with Gasteiger partial charge in [0, 0.05) is 13.0 Å². The van der Waals surface area contributed by atoms with Crippen LogP contribution < -0.4 is 5.73 Å². The van der Waals surface area contributed by atoms with E-state index in [9.17, 15) is 9.59 Å². The molecule has 150 valence electrons. The van der Waals surface area contributed by atoms with Crippen molar-refractivity contribution in [3.63, 3.8) is 0 Å². The Labute approximate surface area is 172 Å². The summed E-state index contributed by atoms with van der Waals surface area (Å²) >= 11 is 0. The molecule has 0 saturated carbocycles. The first-order valence-corrected chi connectivity index (χ1v) is 9.30. The summed E-state index contributed by atoms with van der Waals surface area (Å²) in [6.45, 7) is 4.38. The summed E-state index contributed by atoms with van der Waals surface area (Å²) in [5.74, 6) is -0.602. The molecule has 1 amide bonds. The van der Waals surface area contributed by atoms with Gasteiger partial charge in [0.15, 0.2) is 0 Å². The summed E-state index contributed by atoms with van der Waals surface area (Å²) in [6, 6.07) is 16.1. The van der Waals surface area contributed by atoms with Gasteiger partial charge in [-0.25, -0.2) is 4.79 Å². The second-order valence-corrected chi connectivity index (χ2v) is 7.32. The van der Waals surface area contributed by atoms with Crippen molar-refractivity contribution in [2.75, 3.05) is 0 Å². The summed E-state index contributed by atoms with van der Waals surface area (Å²) in [7, 11) is 0. The molecular formula is C22H27ClN2O3. The topological polar surface area (TPSA) is 72.6 Å². The fourth-order valence-electron chi connectivity index (χ4n) is 3.27. The van der Waals surface area contributed by atoms with E-state index in [1.165, 1.54) is 0 Å². The number of esters is 1.